The van der Waals surface area contributed by atoms with E-state index in [9.17, 15) is 5.11 Å². The summed E-state index contributed by atoms with van der Waals surface area (Å²) in [7, 11) is 0. The van der Waals surface area contributed by atoms with Gasteiger partial charge in [0.25, 0.3) is 0 Å². The standard InChI is InChI=1S/C19H23NO/c21-15-19(12-7-13-19)20-14-18(16-8-3-1-4-9-16)17-10-5-2-6-11-17/h1-6,8-11,18,20-21H,7,12-15H2. The van der Waals surface area contributed by atoms with E-state index >= 15 is 0 Å². The van der Waals surface area contributed by atoms with Gasteiger partial charge in [-0.15, -0.1) is 0 Å². The van der Waals surface area contributed by atoms with E-state index in [4.69, 9.17) is 0 Å². The average molecular weight is 281 g/mol. The van der Waals surface area contributed by atoms with Gasteiger partial charge in [0, 0.05) is 18.0 Å². The van der Waals surface area contributed by atoms with Crippen molar-refractivity contribution < 1.29 is 5.11 Å². The second-order valence-corrected chi connectivity index (χ2v) is 6.05. The molecule has 0 amide bonds. The molecule has 2 N–H and O–H groups in total. The summed E-state index contributed by atoms with van der Waals surface area (Å²) in [5.74, 6) is 0.330. The summed E-state index contributed by atoms with van der Waals surface area (Å²) in [5, 5.41) is 13.3. The van der Waals surface area contributed by atoms with Crippen molar-refractivity contribution in [2.75, 3.05) is 13.2 Å². The molecule has 0 unspecified atom stereocenters. The van der Waals surface area contributed by atoms with Crippen LogP contribution < -0.4 is 5.32 Å². The van der Waals surface area contributed by atoms with Crippen molar-refractivity contribution in [3.8, 4) is 0 Å². The molecule has 1 aliphatic carbocycles. The molecule has 2 nitrogen and oxygen atoms in total. The van der Waals surface area contributed by atoms with Gasteiger partial charge in [-0.1, -0.05) is 60.7 Å². The maximum absolute atomic E-state index is 9.63. The zero-order chi connectivity index (χ0) is 14.5. The van der Waals surface area contributed by atoms with Crippen molar-refractivity contribution in [2.24, 2.45) is 0 Å². The monoisotopic (exact) mass is 281 g/mol. The summed E-state index contributed by atoms with van der Waals surface area (Å²) in [6.45, 7) is 1.11. The summed E-state index contributed by atoms with van der Waals surface area (Å²) in [6, 6.07) is 21.2. The molecule has 1 aliphatic rings. The van der Waals surface area contributed by atoms with Crippen LogP contribution in [0.4, 0.5) is 0 Å². The number of nitrogens with one attached hydrogen (secondary N) is 1. The van der Waals surface area contributed by atoms with E-state index in [1.165, 1.54) is 17.5 Å². The molecular weight excluding hydrogens is 258 g/mol. The van der Waals surface area contributed by atoms with Crippen molar-refractivity contribution >= 4 is 0 Å². The largest absolute Gasteiger partial charge is 0.394 e. The van der Waals surface area contributed by atoms with E-state index < -0.39 is 0 Å². The highest BCUT2D eigenvalue weighted by atomic mass is 16.3. The van der Waals surface area contributed by atoms with Crippen LogP contribution in [0.25, 0.3) is 0 Å². The van der Waals surface area contributed by atoms with E-state index in [-0.39, 0.29) is 12.1 Å². The highest BCUT2D eigenvalue weighted by molar-refractivity contribution is 5.32. The molecule has 0 heterocycles. The van der Waals surface area contributed by atoms with Crippen LogP contribution in [0.3, 0.4) is 0 Å². The Labute approximate surface area is 126 Å². The van der Waals surface area contributed by atoms with Gasteiger partial charge in [-0.2, -0.15) is 0 Å². The van der Waals surface area contributed by atoms with E-state index in [0.717, 1.165) is 19.4 Å². The predicted molar refractivity (Wildman–Crippen MR) is 86.4 cm³/mol. The molecule has 1 fully saturated rings. The third-order valence-corrected chi connectivity index (χ3v) is 4.70. The molecule has 2 heteroatoms. The summed E-state index contributed by atoms with van der Waals surface area (Å²) >= 11 is 0. The Morgan fingerprint density at radius 3 is 1.81 bits per heavy atom. The lowest BCUT2D eigenvalue weighted by Crippen LogP contribution is -2.54. The molecule has 0 saturated heterocycles. The molecule has 1 saturated carbocycles. The number of aliphatic hydroxyl groups is 1. The molecule has 0 aromatic heterocycles. The Morgan fingerprint density at radius 2 is 1.43 bits per heavy atom. The van der Waals surface area contributed by atoms with Gasteiger partial charge >= 0.3 is 0 Å². The van der Waals surface area contributed by atoms with Crippen molar-refractivity contribution in [3.63, 3.8) is 0 Å². The fraction of sp³-hybridized carbons (Fsp3) is 0.368. The summed E-state index contributed by atoms with van der Waals surface area (Å²) in [6.07, 6.45) is 3.38. The van der Waals surface area contributed by atoms with E-state index in [0.29, 0.717) is 5.92 Å². The molecule has 0 radical (unpaired) electrons. The van der Waals surface area contributed by atoms with E-state index in [2.05, 4.69) is 66.0 Å². The molecule has 0 atom stereocenters. The quantitative estimate of drug-likeness (QED) is 0.851. The van der Waals surface area contributed by atoms with Gasteiger partial charge in [0.15, 0.2) is 0 Å². The Hall–Kier alpha value is -1.64. The number of hydrogen-bond acceptors (Lipinski definition) is 2. The van der Waals surface area contributed by atoms with Gasteiger partial charge in [0.05, 0.1) is 6.61 Å². The van der Waals surface area contributed by atoms with Gasteiger partial charge in [-0.05, 0) is 30.4 Å². The number of benzene rings is 2. The predicted octanol–water partition coefficient (Wildman–Crippen LogP) is 3.32. The van der Waals surface area contributed by atoms with Gasteiger partial charge in [-0.25, -0.2) is 0 Å². The number of rotatable bonds is 6. The van der Waals surface area contributed by atoms with Crippen LogP contribution in [0.5, 0.6) is 0 Å². The fourth-order valence-electron chi connectivity index (χ4n) is 3.11. The average Bonchev–Trinajstić information content (AvgIpc) is 2.52. The zero-order valence-electron chi connectivity index (χ0n) is 12.3. The molecule has 2 aromatic carbocycles. The molecule has 0 spiro atoms. The van der Waals surface area contributed by atoms with Gasteiger partial charge in [0.1, 0.15) is 0 Å². The lowest BCUT2D eigenvalue weighted by molar-refractivity contribution is 0.0883. The Kier molecular flexibility index (Phi) is 4.37. The first-order chi connectivity index (χ1) is 10.3. The van der Waals surface area contributed by atoms with Crippen LogP contribution >= 0.6 is 0 Å². The Morgan fingerprint density at radius 1 is 0.905 bits per heavy atom. The Bertz CT molecular complexity index is 503. The minimum absolute atomic E-state index is 0.0399. The van der Waals surface area contributed by atoms with Crippen LogP contribution in [0, 0.1) is 0 Å². The van der Waals surface area contributed by atoms with Crippen LogP contribution in [-0.2, 0) is 0 Å². The summed E-state index contributed by atoms with van der Waals surface area (Å²) in [4.78, 5) is 0. The molecule has 0 aliphatic heterocycles. The van der Waals surface area contributed by atoms with Crippen molar-refractivity contribution in [3.05, 3.63) is 71.8 Å². The van der Waals surface area contributed by atoms with Gasteiger partial charge in [-0.3, -0.25) is 0 Å². The molecule has 110 valence electrons. The second kappa shape index (κ2) is 6.42. The number of aliphatic hydroxyl groups excluding tert-OH is 1. The Balaban J connectivity index is 1.80. The molecule has 2 aromatic rings. The zero-order valence-corrected chi connectivity index (χ0v) is 12.3. The van der Waals surface area contributed by atoms with Crippen LogP contribution in [0.1, 0.15) is 36.3 Å². The smallest absolute Gasteiger partial charge is 0.0613 e. The highest BCUT2D eigenvalue weighted by Crippen LogP contribution is 2.32. The maximum atomic E-state index is 9.63. The van der Waals surface area contributed by atoms with Crippen molar-refractivity contribution in [1.29, 1.82) is 0 Å². The molecular formula is C19H23NO. The third kappa shape index (κ3) is 3.17. The third-order valence-electron chi connectivity index (χ3n) is 4.70. The minimum atomic E-state index is -0.0399. The first-order valence-corrected chi connectivity index (χ1v) is 7.79. The maximum Gasteiger partial charge on any atom is 0.0613 e. The minimum Gasteiger partial charge on any atom is -0.394 e. The molecule has 0 bridgehead atoms. The van der Waals surface area contributed by atoms with E-state index in [1.54, 1.807) is 0 Å². The SMILES string of the molecule is OCC1(NCC(c2ccccc2)c2ccccc2)CCC1. The van der Waals surface area contributed by atoms with Crippen LogP contribution in [-0.4, -0.2) is 23.8 Å². The second-order valence-electron chi connectivity index (χ2n) is 6.05. The molecule has 3 rings (SSSR count). The van der Waals surface area contributed by atoms with Gasteiger partial charge < -0.3 is 10.4 Å². The van der Waals surface area contributed by atoms with Crippen LogP contribution in [0.15, 0.2) is 60.7 Å². The van der Waals surface area contributed by atoms with E-state index in [1.807, 2.05) is 0 Å². The topological polar surface area (TPSA) is 32.3 Å². The highest BCUT2D eigenvalue weighted by Gasteiger charge is 2.36. The lowest BCUT2D eigenvalue weighted by Gasteiger charge is -2.42. The first-order valence-electron chi connectivity index (χ1n) is 7.79. The fourth-order valence-corrected chi connectivity index (χ4v) is 3.11. The summed E-state index contributed by atoms with van der Waals surface area (Å²) in [5.41, 5.74) is 2.61. The van der Waals surface area contributed by atoms with Crippen molar-refractivity contribution in [2.45, 2.75) is 30.7 Å². The molecule has 21 heavy (non-hydrogen) atoms. The number of hydrogen-bond donors (Lipinski definition) is 2. The normalized spacial score (nSPS) is 16.7. The van der Waals surface area contributed by atoms with Crippen molar-refractivity contribution in [1.82, 2.24) is 5.32 Å². The summed E-state index contributed by atoms with van der Waals surface area (Å²) < 4.78 is 0. The van der Waals surface area contributed by atoms with Gasteiger partial charge in [0.2, 0.25) is 0 Å². The first kappa shape index (κ1) is 14.3. The van der Waals surface area contributed by atoms with Crippen LogP contribution in [0.2, 0.25) is 0 Å². The lowest BCUT2D eigenvalue weighted by atomic mass is 9.77.